The molecule has 2 aromatic heterocycles. The Morgan fingerprint density at radius 1 is 1.18 bits per heavy atom. The van der Waals surface area contributed by atoms with Gasteiger partial charge in [-0.1, -0.05) is 27.2 Å². The molecule has 0 aliphatic rings. The highest BCUT2D eigenvalue weighted by molar-refractivity contribution is 7.91. The number of hydrogen-bond donors (Lipinski definition) is 0. The topological polar surface area (TPSA) is 73.0 Å². The van der Waals surface area contributed by atoms with Gasteiger partial charge in [0, 0.05) is 32.5 Å². The van der Waals surface area contributed by atoms with Crippen LogP contribution in [0, 0.1) is 5.92 Å². The first-order valence-corrected chi connectivity index (χ1v) is 11.8. The van der Waals surface area contributed by atoms with Gasteiger partial charge in [0.25, 0.3) is 0 Å². The van der Waals surface area contributed by atoms with Gasteiger partial charge in [0.2, 0.25) is 15.0 Å². The lowest BCUT2D eigenvalue weighted by molar-refractivity contribution is 0.296. The lowest BCUT2D eigenvalue weighted by atomic mass is 10.1. The van der Waals surface area contributed by atoms with Crippen LogP contribution in [-0.2, 0) is 36.5 Å². The highest BCUT2D eigenvalue weighted by Crippen LogP contribution is 2.18. The number of sulfone groups is 1. The predicted molar refractivity (Wildman–Crippen MR) is 112 cm³/mol. The first-order valence-electron chi connectivity index (χ1n) is 10.2. The maximum Gasteiger partial charge on any atom is 0.227 e. The van der Waals surface area contributed by atoms with E-state index in [4.69, 9.17) is 0 Å². The molecule has 28 heavy (non-hydrogen) atoms. The molecule has 0 aromatic carbocycles. The lowest BCUT2D eigenvalue weighted by Gasteiger charge is -2.18. The molecule has 2 aromatic rings. The average molecular weight is 410 g/mol. The first kappa shape index (κ1) is 22.6. The minimum atomic E-state index is -3.37. The van der Waals surface area contributed by atoms with Gasteiger partial charge in [0.05, 0.1) is 24.2 Å². The van der Waals surface area contributed by atoms with Crippen LogP contribution in [0.3, 0.4) is 0 Å². The number of imidazole rings is 2. The Bertz CT molecular complexity index is 839. The van der Waals surface area contributed by atoms with E-state index in [1.807, 2.05) is 29.4 Å². The summed E-state index contributed by atoms with van der Waals surface area (Å²) in [7, 11) is 0.620. The summed E-state index contributed by atoms with van der Waals surface area (Å²) in [6.07, 6.45) is 8.96. The molecule has 0 saturated heterocycles. The van der Waals surface area contributed by atoms with Crippen molar-refractivity contribution < 1.29 is 8.42 Å². The molecule has 0 fully saturated rings. The molecular weight excluding hydrogens is 374 g/mol. The molecule has 0 aliphatic heterocycles. The van der Waals surface area contributed by atoms with Crippen LogP contribution >= 0.6 is 0 Å². The Balaban J connectivity index is 2.17. The average Bonchev–Trinajstić information content (AvgIpc) is 3.19. The van der Waals surface area contributed by atoms with Crippen LogP contribution in [0.5, 0.6) is 0 Å². The lowest BCUT2D eigenvalue weighted by Crippen LogP contribution is -2.23. The van der Waals surface area contributed by atoms with Gasteiger partial charge in [-0.2, -0.15) is 0 Å². The summed E-state index contributed by atoms with van der Waals surface area (Å²) < 4.78 is 29.7. The maximum atomic E-state index is 12.9. The molecule has 158 valence electrons. The van der Waals surface area contributed by atoms with Crippen molar-refractivity contribution in [2.45, 2.75) is 71.2 Å². The molecule has 0 unspecified atom stereocenters. The van der Waals surface area contributed by atoms with Crippen molar-refractivity contribution in [1.29, 1.82) is 0 Å². The smallest absolute Gasteiger partial charge is 0.227 e. The summed E-state index contributed by atoms with van der Waals surface area (Å²) in [5.74, 6) is 1.64. The molecule has 0 saturated carbocycles. The van der Waals surface area contributed by atoms with Crippen molar-refractivity contribution in [3.63, 3.8) is 0 Å². The zero-order chi connectivity index (χ0) is 20.7. The van der Waals surface area contributed by atoms with Crippen molar-refractivity contribution >= 4 is 9.84 Å². The molecule has 0 spiro atoms. The molecule has 7 nitrogen and oxygen atoms in total. The Kier molecular flexibility index (Phi) is 8.24. The molecule has 0 bridgehead atoms. The second-order valence-corrected chi connectivity index (χ2v) is 10.0. The van der Waals surface area contributed by atoms with Gasteiger partial charge in [0.1, 0.15) is 5.82 Å². The highest BCUT2D eigenvalue weighted by Gasteiger charge is 2.23. The Labute approximate surface area is 169 Å². The second-order valence-electron chi connectivity index (χ2n) is 8.02. The molecule has 0 radical (unpaired) electrons. The van der Waals surface area contributed by atoms with E-state index in [1.165, 1.54) is 0 Å². The Hall–Kier alpha value is -1.67. The van der Waals surface area contributed by atoms with Crippen molar-refractivity contribution in [2.75, 3.05) is 12.8 Å². The number of aromatic nitrogens is 4. The molecule has 2 heterocycles. The quantitative estimate of drug-likeness (QED) is 0.538. The SMILES string of the molecule is CCCCn1c(CN(C)Cc2nccn2C)cnc1S(=O)(=O)CCCC(C)C. The van der Waals surface area contributed by atoms with Crippen molar-refractivity contribution in [3.8, 4) is 0 Å². The number of nitrogens with zero attached hydrogens (tertiary/aromatic N) is 5. The number of unbranched alkanes of at least 4 members (excludes halogenated alkanes) is 1. The fourth-order valence-corrected chi connectivity index (χ4v) is 4.70. The van der Waals surface area contributed by atoms with E-state index in [-0.39, 0.29) is 10.9 Å². The van der Waals surface area contributed by atoms with Crippen molar-refractivity contribution in [3.05, 3.63) is 30.1 Å². The summed E-state index contributed by atoms with van der Waals surface area (Å²) in [6, 6.07) is 0. The van der Waals surface area contributed by atoms with E-state index in [2.05, 4.69) is 35.6 Å². The third kappa shape index (κ3) is 6.17. The number of aryl methyl sites for hydroxylation is 1. The van der Waals surface area contributed by atoms with Crippen LogP contribution in [-0.4, -0.2) is 45.2 Å². The molecule has 0 aliphatic carbocycles. The van der Waals surface area contributed by atoms with Gasteiger partial charge in [-0.15, -0.1) is 0 Å². The monoisotopic (exact) mass is 409 g/mol. The van der Waals surface area contributed by atoms with Crippen LogP contribution in [0.15, 0.2) is 23.7 Å². The summed E-state index contributed by atoms with van der Waals surface area (Å²) in [5.41, 5.74) is 0.938. The standard InChI is InChI=1S/C20H35N5O2S/c1-6-7-11-25-18(15-23(4)16-19-21-10-12-24(19)5)14-22-20(25)28(26,27)13-8-9-17(2)3/h10,12,14,17H,6-9,11,13,15-16H2,1-5H3. The number of rotatable bonds is 12. The summed E-state index contributed by atoms with van der Waals surface area (Å²) in [4.78, 5) is 10.8. The first-order chi connectivity index (χ1) is 13.2. The van der Waals surface area contributed by atoms with Crippen molar-refractivity contribution in [2.24, 2.45) is 13.0 Å². The molecule has 2 rings (SSSR count). The molecule has 0 atom stereocenters. The van der Waals surface area contributed by atoms with Gasteiger partial charge in [-0.05, 0) is 32.2 Å². The van der Waals surface area contributed by atoms with Gasteiger partial charge >= 0.3 is 0 Å². The van der Waals surface area contributed by atoms with E-state index < -0.39 is 9.84 Å². The van der Waals surface area contributed by atoms with Crippen LogP contribution < -0.4 is 0 Å². The summed E-state index contributed by atoms with van der Waals surface area (Å²) in [6.45, 7) is 8.35. The maximum absolute atomic E-state index is 12.9. The normalized spacial score (nSPS) is 12.4. The minimum Gasteiger partial charge on any atom is -0.337 e. The largest absolute Gasteiger partial charge is 0.337 e. The van der Waals surface area contributed by atoms with Crippen LogP contribution in [0.4, 0.5) is 0 Å². The molecule has 8 heteroatoms. The number of hydrogen-bond acceptors (Lipinski definition) is 5. The molecule has 0 amide bonds. The van der Waals surface area contributed by atoms with Gasteiger partial charge in [0.15, 0.2) is 0 Å². The van der Waals surface area contributed by atoms with Gasteiger partial charge in [-0.3, -0.25) is 4.90 Å². The van der Waals surface area contributed by atoms with E-state index in [0.29, 0.717) is 32.0 Å². The van der Waals surface area contributed by atoms with Crippen molar-refractivity contribution in [1.82, 2.24) is 24.0 Å². The van der Waals surface area contributed by atoms with Crippen LogP contribution in [0.1, 0.15) is 58.0 Å². The fraction of sp³-hybridized carbons (Fsp3) is 0.700. The van der Waals surface area contributed by atoms with E-state index in [1.54, 1.807) is 12.4 Å². The van der Waals surface area contributed by atoms with Crippen LogP contribution in [0.2, 0.25) is 0 Å². The minimum absolute atomic E-state index is 0.164. The van der Waals surface area contributed by atoms with E-state index in [0.717, 1.165) is 30.8 Å². The Morgan fingerprint density at radius 3 is 2.54 bits per heavy atom. The zero-order valence-corrected chi connectivity index (χ0v) is 18.7. The van der Waals surface area contributed by atoms with Gasteiger partial charge in [-0.25, -0.2) is 18.4 Å². The molecular formula is C20H35N5O2S. The Morgan fingerprint density at radius 2 is 1.93 bits per heavy atom. The predicted octanol–water partition coefficient (Wildman–Crippen LogP) is 3.26. The third-order valence-electron chi connectivity index (χ3n) is 4.87. The molecule has 0 N–H and O–H groups in total. The fourth-order valence-electron chi connectivity index (χ4n) is 3.22. The van der Waals surface area contributed by atoms with Crippen LogP contribution in [0.25, 0.3) is 0 Å². The highest BCUT2D eigenvalue weighted by atomic mass is 32.2. The van der Waals surface area contributed by atoms with E-state index >= 15 is 0 Å². The van der Waals surface area contributed by atoms with E-state index in [9.17, 15) is 8.42 Å². The zero-order valence-electron chi connectivity index (χ0n) is 17.9. The van der Waals surface area contributed by atoms with Gasteiger partial charge < -0.3 is 9.13 Å². The summed E-state index contributed by atoms with van der Waals surface area (Å²) in [5, 5.41) is 0.227. The second kappa shape index (κ2) is 10.2. The summed E-state index contributed by atoms with van der Waals surface area (Å²) >= 11 is 0. The third-order valence-corrected chi connectivity index (χ3v) is 6.58.